The lowest BCUT2D eigenvalue weighted by Crippen LogP contribution is -2.28. The summed E-state index contributed by atoms with van der Waals surface area (Å²) in [6.07, 6.45) is 2.16. The number of hydrogen-bond acceptors (Lipinski definition) is 2. The molecular formula is C19H20N2O2. The van der Waals surface area contributed by atoms with E-state index in [0.717, 1.165) is 31.5 Å². The second-order valence-corrected chi connectivity index (χ2v) is 5.75. The molecular weight excluding hydrogens is 288 g/mol. The third-order valence-corrected chi connectivity index (χ3v) is 4.06. The van der Waals surface area contributed by atoms with Gasteiger partial charge in [0.15, 0.2) is 0 Å². The van der Waals surface area contributed by atoms with Crippen molar-refractivity contribution in [3.05, 3.63) is 71.3 Å². The molecule has 0 saturated carbocycles. The number of rotatable bonds is 4. The van der Waals surface area contributed by atoms with Crippen molar-refractivity contribution in [1.82, 2.24) is 10.2 Å². The van der Waals surface area contributed by atoms with Gasteiger partial charge in [0, 0.05) is 30.8 Å². The van der Waals surface area contributed by atoms with Crippen LogP contribution >= 0.6 is 0 Å². The topological polar surface area (TPSA) is 49.4 Å². The zero-order valence-corrected chi connectivity index (χ0v) is 13.0. The van der Waals surface area contributed by atoms with E-state index in [1.54, 1.807) is 12.1 Å². The number of likely N-dealkylation sites (tertiary alicyclic amines) is 1. The molecule has 0 radical (unpaired) electrons. The molecule has 1 N–H and O–H groups in total. The smallest absolute Gasteiger partial charge is 0.253 e. The van der Waals surface area contributed by atoms with Gasteiger partial charge in [0.2, 0.25) is 0 Å². The standard InChI is InChI=1S/C19H20N2O2/c22-18(16-8-2-1-3-9-16)20-14-15-7-6-10-17(13-15)19(23)21-11-4-5-12-21/h1-3,6-10,13H,4-5,11-12,14H2,(H,20,22). The van der Waals surface area contributed by atoms with Crippen LogP contribution in [-0.4, -0.2) is 29.8 Å². The highest BCUT2D eigenvalue weighted by atomic mass is 16.2. The Morgan fingerprint density at radius 1 is 0.913 bits per heavy atom. The van der Waals surface area contributed by atoms with Gasteiger partial charge in [-0.3, -0.25) is 9.59 Å². The summed E-state index contributed by atoms with van der Waals surface area (Å²) in [5.41, 5.74) is 2.26. The fourth-order valence-electron chi connectivity index (χ4n) is 2.79. The molecule has 0 aromatic heterocycles. The van der Waals surface area contributed by atoms with Crippen LogP contribution < -0.4 is 5.32 Å². The van der Waals surface area contributed by atoms with E-state index < -0.39 is 0 Å². The van der Waals surface area contributed by atoms with E-state index in [1.807, 2.05) is 47.4 Å². The minimum absolute atomic E-state index is 0.0822. The number of amides is 2. The first-order chi connectivity index (χ1) is 11.2. The highest BCUT2D eigenvalue weighted by Gasteiger charge is 2.19. The first-order valence-electron chi connectivity index (χ1n) is 7.95. The fourth-order valence-corrected chi connectivity index (χ4v) is 2.79. The normalized spacial score (nSPS) is 13.8. The van der Waals surface area contributed by atoms with Crippen LogP contribution in [0, 0.1) is 0 Å². The van der Waals surface area contributed by atoms with Crippen LogP contribution in [-0.2, 0) is 6.54 Å². The van der Waals surface area contributed by atoms with Crippen LogP contribution in [0.4, 0.5) is 0 Å². The largest absolute Gasteiger partial charge is 0.348 e. The van der Waals surface area contributed by atoms with Gasteiger partial charge in [-0.25, -0.2) is 0 Å². The maximum absolute atomic E-state index is 12.4. The van der Waals surface area contributed by atoms with Crippen LogP contribution in [0.15, 0.2) is 54.6 Å². The van der Waals surface area contributed by atoms with Gasteiger partial charge >= 0.3 is 0 Å². The Kier molecular flexibility index (Phi) is 4.71. The zero-order valence-electron chi connectivity index (χ0n) is 13.0. The van der Waals surface area contributed by atoms with Crippen LogP contribution in [0.5, 0.6) is 0 Å². The van der Waals surface area contributed by atoms with Gasteiger partial charge in [-0.2, -0.15) is 0 Å². The van der Waals surface area contributed by atoms with Gasteiger partial charge in [0.1, 0.15) is 0 Å². The summed E-state index contributed by atoms with van der Waals surface area (Å²) in [6.45, 7) is 2.09. The molecule has 1 aliphatic heterocycles. The van der Waals surface area contributed by atoms with E-state index in [1.165, 1.54) is 0 Å². The molecule has 0 bridgehead atoms. The lowest BCUT2D eigenvalue weighted by Gasteiger charge is -2.15. The van der Waals surface area contributed by atoms with Crippen molar-refractivity contribution in [1.29, 1.82) is 0 Å². The molecule has 0 atom stereocenters. The Labute approximate surface area is 136 Å². The zero-order chi connectivity index (χ0) is 16.1. The van der Waals surface area contributed by atoms with Crippen LogP contribution in [0.1, 0.15) is 39.1 Å². The van der Waals surface area contributed by atoms with Crippen molar-refractivity contribution >= 4 is 11.8 Å². The average molecular weight is 308 g/mol. The molecule has 0 aliphatic carbocycles. The molecule has 1 heterocycles. The average Bonchev–Trinajstić information content (AvgIpc) is 3.14. The van der Waals surface area contributed by atoms with E-state index in [4.69, 9.17) is 0 Å². The molecule has 3 rings (SSSR count). The van der Waals surface area contributed by atoms with Crippen molar-refractivity contribution in [3.8, 4) is 0 Å². The van der Waals surface area contributed by atoms with Crippen molar-refractivity contribution in [2.45, 2.75) is 19.4 Å². The van der Waals surface area contributed by atoms with Crippen molar-refractivity contribution in [2.24, 2.45) is 0 Å². The summed E-state index contributed by atoms with van der Waals surface area (Å²) in [6, 6.07) is 16.6. The van der Waals surface area contributed by atoms with E-state index in [0.29, 0.717) is 17.7 Å². The van der Waals surface area contributed by atoms with Crippen LogP contribution in [0.25, 0.3) is 0 Å². The van der Waals surface area contributed by atoms with E-state index in [2.05, 4.69) is 5.32 Å². The SMILES string of the molecule is O=C(NCc1cccc(C(=O)N2CCCC2)c1)c1ccccc1. The molecule has 4 heteroatoms. The Morgan fingerprint density at radius 2 is 1.61 bits per heavy atom. The molecule has 4 nitrogen and oxygen atoms in total. The van der Waals surface area contributed by atoms with Gasteiger partial charge in [-0.1, -0.05) is 30.3 Å². The predicted molar refractivity (Wildman–Crippen MR) is 89.2 cm³/mol. The first-order valence-corrected chi connectivity index (χ1v) is 7.95. The van der Waals surface area contributed by atoms with Gasteiger partial charge in [-0.15, -0.1) is 0 Å². The maximum Gasteiger partial charge on any atom is 0.253 e. The van der Waals surface area contributed by atoms with Gasteiger partial charge in [-0.05, 0) is 42.7 Å². The third kappa shape index (κ3) is 3.77. The number of benzene rings is 2. The lowest BCUT2D eigenvalue weighted by atomic mass is 10.1. The number of hydrogen-bond donors (Lipinski definition) is 1. The number of carbonyl (C=O) groups excluding carboxylic acids is 2. The Hall–Kier alpha value is -2.62. The van der Waals surface area contributed by atoms with Crippen molar-refractivity contribution in [3.63, 3.8) is 0 Å². The van der Waals surface area contributed by atoms with Crippen molar-refractivity contribution in [2.75, 3.05) is 13.1 Å². The molecule has 0 unspecified atom stereocenters. The molecule has 2 aromatic carbocycles. The predicted octanol–water partition coefficient (Wildman–Crippen LogP) is 2.85. The molecule has 2 aromatic rings. The number of carbonyl (C=O) groups is 2. The van der Waals surface area contributed by atoms with E-state index in [9.17, 15) is 9.59 Å². The summed E-state index contributed by atoms with van der Waals surface area (Å²) >= 11 is 0. The Morgan fingerprint density at radius 3 is 2.35 bits per heavy atom. The first kappa shape index (κ1) is 15.3. The highest BCUT2D eigenvalue weighted by molar-refractivity contribution is 5.95. The number of nitrogens with zero attached hydrogens (tertiary/aromatic N) is 1. The Balaban J connectivity index is 1.63. The summed E-state index contributed by atoms with van der Waals surface area (Å²) < 4.78 is 0. The second kappa shape index (κ2) is 7.09. The van der Waals surface area contributed by atoms with Crippen molar-refractivity contribution < 1.29 is 9.59 Å². The minimum atomic E-state index is -0.109. The Bertz CT molecular complexity index is 692. The van der Waals surface area contributed by atoms with Gasteiger partial charge in [0.05, 0.1) is 0 Å². The molecule has 2 amide bonds. The molecule has 1 saturated heterocycles. The minimum Gasteiger partial charge on any atom is -0.348 e. The van der Waals surface area contributed by atoms with Gasteiger partial charge < -0.3 is 10.2 Å². The number of nitrogens with one attached hydrogen (secondary N) is 1. The highest BCUT2D eigenvalue weighted by Crippen LogP contribution is 2.14. The quantitative estimate of drug-likeness (QED) is 0.944. The monoisotopic (exact) mass is 308 g/mol. The van der Waals surface area contributed by atoms with Crippen LogP contribution in [0.3, 0.4) is 0 Å². The third-order valence-electron chi connectivity index (χ3n) is 4.06. The van der Waals surface area contributed by atoms with E-state index >= 15 is 0 Å². The summed E-state index contributed by atoms with van der Waals surface area (Å²) in [5.74, 6) is -0.0272. The summed E-state index contributed by atoms with van der Waals surface area (Å²) in [5, 5.41) is 2.89. The molecule has 118 valence electrons. The van der Waals surface area contributed by atoms with Gasteiger partial charge in [0.25, 0.3) is 11.8 Å². The van der Waals surface area contributed by atoms with E-state index in [-0.39, 0.29) is 11.8 Å². The molecule has 1 fully saturated rings. The van der Waals surface area contributed by atoms with Crippen LogP contribution in [0.2, 0.25) is 0 Å². The lowest BCUT2D eigenvalue weighted by molar-refractivity contribution is 0.0792. The summed E-state index contributed by atoms with van der Waals surface area (Å²) in [4.78, 5) is 26.3. The molecule has 0 spiro atoms. The molecule has 23 heavy (non-hydrogen) atoms. The maximum atomic E-state index is 12.4. The summed E-state index contributed by atoms with van der Waals surface area (Å²) in [7, 11) is 0. The fraction of sp³-hybridized carbons (Fsp3) is 0.263. The second-order valence-electron chi connectivity index (χ2n) is 5.75. The molecule has 1 aliphatic rings.